The van der Waals surface area contributed by atoms with Gasteiger partial charge in [-0.15, -0.1) is 0 Å². The number of aromatic nitrogens is 3. The summed E-state index contributed by atoms with van der Waals surface area (Å²) in [7, 11) is 0. The van der Waals surface area contributed by atoms with Gasteiger partial charge in [-0.3, -0.25) is 9.48 Å². The van der Waals surface area contributed by atoms with Crippen molar-refractivity contribution in [2.24, 2.45) is 0 Å². The van der Waals surface area contributed by atoms with E-state index in [2.05, 4.69) is 10.1 Å². The molecular weight excluding hydrogens is 496 g/mol. The van der Waals surface area contributed by atoms with E-state index >= 15 is 0 Å². The van der Waals surface area contributed by atoms with Gasteiger partial charge in [0.15, 0.2) is 11.6 Å². The molecule has 2 atom stereocenters. The number of nitrogens with zero attached hydrogens (tertiary/aromatic N) is 4. The van der Waals surface area contributed by atoms with Crippen LogP contribution in [0, 0.1) is 5.82 Å². The van der Waals surface area contributed by atoms with Gasteiger partial charge in [-0.05, 0) is 45.4 Å². The summed E-state index contributed by atoms with van der Waals surface area (Å²) in [5, 5.41) is 14.3. The molecule has 1 aliphatic heterocycles. The number of pyridine rings is 1. The fraction of sp³-hybridized carbons (Fsp3) is 0.375. The Hall–Kier alpha value is -2.88. The molecule has 2 aromatic heterocycles. The number of rotatable bonds is 6. The Balaban J connectivity index is 1.58. The van der Waals surface area contributed by atoms with Crippen molar-refractivity contribution in [3.63, 3.8) is 0 Å². The van der Waals surface area contributed by atoms with Crippen molar-refractivity contribution < 1.29 is 19.0 Å². The maximum atomic E-state index is 14.0. The van der Waals surface area contributed by atoms with E-state index in [-0.39, 0.29) is 27.5 Å². The fourth-order valence-corrected chi connectivity index (χ4v) is 4.74. The second-order valence-electron chi connectivity index (χ2n) is 9.05. The lowest BCUT2D eigenvalue weighted by molar-refractivity contribution is -0.139. The number of nitrogen functional groups attached to an aromatic ring is 1. The zero-order chi connectivity index (χ0) is 25.5. The number of β-amino-alcohol motifs (C(OH)–C–C–N with tert-alkyl or cyclic N) is 1. The summed E-state index contributed by atoms with van der Waals surface area (Å²) < 4.78 is 21.5. The number of carbonyl (C=O) groups excluding carboxylic acids is 1. The molecule has 0 spiro atoms. The molecule has 8 nitrogen and oxygen atoms in total. The number of ether oxygens (including phenoxy) is 1. The second-order valence-corrected chi connectivity index (χ2v) is 9.84. The Morgan fingerprint density at radius 2 is 2.06 bits per heavy atom. The number of hydrogen-bond donors (Lipinski definition) is 2. The standard InChI is InChI=1S/C24H26Cl2FN5O3/c1-13(20-17(25)4-5-18(27)21(20)26)35-19-8-14(9-29-22(19)28)15-10-30-32(11-15)24(2,3)23(34)31-7-6-16(33)12-31/h4-5,8-11,13,16,33H,6-7,12H2,1-3H3,(H2,28,29)/t13?,16-/m0/s1. The van der Waals surface area contributed by atoms with Crippen LogP contribution in [0.2, 0.25) is 10.0 Å². The number of carbonyl (C=O) groups is 1. The average molecular weight is 522 g/mol. The summed E-state index contributed by atoms with van der Waals surface area (Å²) in [5.74, 6) is -0.324. The van der Waals surface area contributed by atoms with Crippen molar-refractivity contribution in [3.8, 4) is 16.9 Å². The van der Waals surface area contributed by atoms with Crippen LogP contribution in [0.15, 0.2) is 36.8 Å². The summed E-state index contributed by atoms with van der Waals surface area (Å²) in [6, 6.07) is 4.29. The van der Waals surface area contributed by atoms with Gasteiger partial charge in [0.05, 0.1) is 17.3 Å². The third-order valence-corrected chi connectivity index (χ3v) is 6.85. The zero-order valence-corrected chi connectivity index (χ0v) is 21.0. The highest BCUT2D eigenvalue weighted by atomic mass is 35.5. The Bertz CT molecular complexity index is 1270. The molecule has 0 aliphatic carbocycles. The molecule has 1 aliphatic rings. The topological polar surface area (TPSA) is 106 Å². The van der Waals surface area contributed by atoms with Gasteiger partial charge in [0.1, 0.15) is 17.5 Å². The number of likely N-dealkylation sites (tertiary alicyclic amines) is 1. The molecule has 0 bridgehead atoms. The van der Waals surface area contributed by atoms with Crippen LogP contribution in [-0.4, -0.2) is 49.9 Å². The Labute approximate surface area is 212 Å². The fourth-order valence-electron chi connectivity index (χ4n) is 4.06. The first-order chi connectivity index (χ1) is 16.5. The minimum absolute atomic E-state index is 0.119. The van der Waals surface area contributed by atoms with Crippen LogP contribution in [-0.2, 0) is 10.3 Å². The van der Waals surface area contributed by atoms with Crippen molar-refractivity contribution in [1.82, 2.24) is 19.7 Å². The van der Waals surface area contributed by atoms with E-state index in [4.69, 9.17) is 33.7 Å². The number of anilines is 1. The minimum atomic E-state index is -0.956. The number of halogens is 3. The number of aliphatic hydroxyl groups excluding tert-OH is 1. The number of aliphatic hydroxyl groups is 1. The zero-order valence-electron chi connectivity index (χ0n) is 19.5. The van der Waals surface area contributed by atoms with Crippen LogP contribution in [0.4, 0.5) is 10.2 Å². The lowest BCUT2D eigenvalue weighted by Crippen LogP contribution is -2.46. The van der Waals surface area contributed by atoms with E-state index in [0.717, 1.165) is 0 Å². The van der Waals surface area contributed by atoms with E-state index in [1.807, 2.05) is 0 Å². The van der Waals surface area contributed by atoms with Gasteiger partial charge >= 0.3 is 0 Å². The van der Waals surface area contributed by atoms with Crippen LogP contribution in [0.5, 0.6) is 5.75 Å². The molecule has 1 aromatic carbocycles. The molecule has 3 aromatic rings. The summed E-state index contributed by atoms with van der Waals surface area (Å²) >= 11 is 12.3. The Morgan fingerprint density at radius 1 is 1.31 bits per heavy atom. The summed E-state index contributed by atoms with van der Waals surface area (Å²) in [6.07, 6.45) is 4.29. The van der Waals surface area contributed by atoms with Crippen molar-refractivity contribution in [2.45, 2.75) is 44.9 Å². The largest absolute Gasteiger partial charge is 0.482 e. The predicted octanol–water partition coefficient (Wildman–Crippen LogP) is 4.44. The van der Waals surface area contributed by atoms with Crippen LogP contribution in [0.25, 0.3) is 11.1 Å². The number of hydrogen-bond acceptors (Lipinski definition) is 6. The van der Waals surface area contributed by atoms with Gasteiger partial charge < -0.3 is 20.5 Å². The van der Waals surface area contributed by atoms with Gasteiger partial charge in [0.25, 0.3) is 0 Å². The van der Waals surface area contributed by atoms with Crippen LogP contribution < -0.4 is 10.5 Å². The molecule has 35 heavy (non-hydrogen) atoms. The molecule has 3 N–H and O–H groups in total. The molecule has 0 radical (unpaired) electrons. The van der Waals surface area contributed by atoms with Gasteiger partial charge in [0, 0.05) is 47.2 Å². The molecule has 3 heterocycles. The average Bonchev–Trinajstić information content (AvgIpc) is 3.47. The number of nitrogens with two attached hydrogens (primary N) is 1. The van der Waals surface area contributed by atoms with Crippen LogP contribution in [0.3, 0.4) is 0 Å². The monoisotopic (exact) mass is 521 g/mol. The van der Waals surface area contributed by atoms with Crippen LogP contribution >= 0.6 is 23.2 Å². The molecule has 1 fully saturated rings. The van der Waals surface area contributed by atoms with Crippen molar-refractivity contribution in [1.29, 1.82) is 0 Å². The summed E-state index contributed by atoms with van der Waals surface area (Å²) in [6.45, 7) is 6.07. The van der Waals surface area contributed by atoms with Gasteiger partial charge in [-0.2, -0.15) is 5.10 Å². The highest BCUT2D eigenvalue weighted by molar-refractivity contribution is 6.36. The first-order valence-corrected chi connectivity index (χ1v) is 11.8. The third-order valence-electron chi connectivity index (χ3n) is 6.13. The molecule has 0 saturated carbocycles. The number of benzene rings is 1. The highest BCUT2D eigenvalue weighted by Crippen LogP contribution is 2.37. The van der Waals surface area contributed by atoms with Crippen molar-refractivity contribution in [3.05, 3.63) is 58.2 Å². The molecular formula is C24H26Cl2FN5O3. The van der Waals surface area contributed by atoms with Gasteiger partial charge in [-0.25, -0.2) is 9.37 Å². The summed E-state index contributed by atoms with van der Waals surface area (Å²) in [4.78, 5) is 18.9. The van der Waals surface area contributed by atoms with E-state index in [1.54, 1.807) is 55.0 Å². The SMILES string of the molecule is CC(Oc1cc(-c2cnn(C(C)(C)C(=O)N3CC[C@H](O)C3)c2)cnc1N)c1c(Cl)ccc(F)c1Cl. The molecule has 1 unspecified atom stereocenters. The molecule has 1 amide bonds. The highest BCUT2D eigenvalue weighted by Gasteiger charge is 2.37. The molecule has 186 valence electrons. The van der Waals surface area contributed by atoms with E-state index < -0.39 is 23.6 Å². The maximum Gasteiger partial charge on any atom is 0.250 e. The van der Waals surface area contributed by atoms with Crippen molar-refractivity contribution in [2.75, 3.05) is 18.8 Å². The smallest absolute Gasteiger partial charge is 0.250 e. The summed E-state index contributed by atoms with van der Waals surface area (Å²) in [5.41, 5.74) is 6.73. The van der Waals surface area contributed by atoms with E-state index in [9.17, 15) is 14.3 Å². The quantitative estimate of drug-likeness (QED) is 0.464. The van der Waals surface area contributed by atoms with Gasteiger partial charge in [-0.1, -0.05) is 23.2 Å². The lowest BCUT2D eigenvalue weighted by Gasteiger charge is -2.29. The molecule has 11 heteroatoms. The lowest BCUT2D eigenvalue weighted by atomic mass is 10.0. The number of amides is 1. The first-order valence-electron chi connectivity index (χ1n) is 11.1. The van der Waals surface area contributed by atoms with E-state index in [1.165, 1.54) is 12.1 Å². The van der Waals surface area contributed by atoms with Gasteiger partial charge in [0.2, 0.25) is 5.91 Å². The van der Waals surface area contributed by atoms with Crippen molar-refractivity contribution >= 4 is 34.9 Å². The first kappa shape index (κ1) is 25.2. The van der Waals surface area contributed by atoms with Crippen LogP contribution in [0.1, 0.15) is 38.9 Å². The Morgan fingerprint density at radius 3 is 2.74 bits per heavy atom. The molecule has 4 rings (SSSR count). The maximum absolute atomic E-state index is 14.0. The molecule has 1 saturated heterocycles. The predicted molar refractivity (Wildman–Crippen MR) is 132 cm³/mol. The normalized spacial score (nSPS) is 17.0. The second kappa shape index (κ2) is 9.64. The Kier molecular flexibility index (Phi) is 6.95. The third kappa shape index (κ3) is 4.94. The van der Waals surface area contributed by atoms with E-state index in [0.29, 0.717) is 36.2 Å². The minimum Gasteiger partial charge on any atom is -0.482 e.